The Hall–Kier alpha value is -1.79. The number of halogens is 1. The number of H-pyrrole nitrogens is 1. The highest BCUT2D eigenvalue weighted by atomic mass is 35.5. The van der Waals surface area contributed by atoms with Gasteiger partial charge in [0.2, 0.25) is 0 Å². The summed E-state index contributed by atoms with van der Waals surface area (Å²) in [5.41, 5.74) is 0.723. The van der Waals surface area contributed by atoms with E-state index in [4.69, 9.17) is 16.3 Å². The average Bonchev–Trinajstić information content (AvgIpc) is 3.18. The minimum Gasteiger partial charge on any atom is -0.447 e. The van der Waals surface area contributed by atoms with Gasteiger partial charge in [0, 0.05) is 23.5 Å². The van der Waals surface area contributed by atoms with Gasteiger partial charge < -0.3 is 14.7 Å². The molecule has 1 saturated carbocycles. The van der Waals surface area contributed by atoms with Crippen molar-refractivity contribution in [3.8, 4) is 0 Å². The van der Waals surface area contributed by atoms with Crippen LogP contribution in [0.15, 0.2) is 18.3 Å². The molecular formula is C18H22ClN3O3. The van der Waals surface area contributed by atoms with Gasteiger partial charge in [-0.1, -0.05) is 11.6 Å². The number of aliphatic hydroxyl groups is 1. The summed E-state index contributed by atoms with van der Waals surface area (Å²) in [5, 5.41) is 19.8. The Morgan fingerprint density at radius 1 is 1.40 bits per heavy atom. The van der Waals surface area contributed by atoms with E-state index in [9.17, 15) is 9.90 Å². The second kappa shape index (κ2) is 5.88. The summed E-state index contributed by atoms with van der Waals surface area (Å²) in [6.07, 6.45) is 2.59. The first-order valence-corrected chi connectivity index (χ1v) is 9.04. The Labute approximate surface area is 151 Å². The standard InChI is InChI=1S/C18H22ClN3O3/c1-10(2)25-17(23)22-8-11-5-18(24,6-12(11)9-22)15-3-13(19)4-16-14(15)7-20-21-16/h3-4,7,10-12,24H,5-6,8-9H2,1-2H3,(H,20,21). The normalized spacial score (nSPS) is 28.8. The van der Waals surface area contributed by atoms with Crippen molar-refractivity contribution in [1.82, 2.24) is 15.1 Å². The number of aromatic nitrogens is 2. The number of nitrogens with zero attached hydrogens (tertiary/aromatic N) is 2. The molecule has 2 atom stereocenters. The van der Waals surface area contributed by atoms with E-state index < -0.39 is 5.60 Å². The van der Waals surface area contributed by atoms with E-state index in [2.05, 4.69) is 10.2 Å². The van der Waals surface area contributed by atoms with Crippen molar-refractivity contribution >= 4 is 28.6 Å². The number of nitrogens with one attached hydrogen (secondary N) is 1. The molecule has 1 amide bonds. The predicted molar refractivity (Wildman–Crippen MR) is 94.4 cm³/mol. The molecule has 25 heavy (non-hydrogen) atoms. The summed E-state index contributed by atoms with van der Waals surface area (Å²) in [6.45, 7) is 4.97. The molecule has 1 aliphatic heterocycles. The number of hydrogen-bond acceptors (Lipinski definition) is 4. The third-order valence-electron chi connectivity index (χ3n) is 5.40. The van der Waals surface area contributed by atoms with Gasteiger partial charge in [0.25, 0.3) is 0 Å². The zero-order valence-electron chi connectivity index (χ0n) is 14.3. The molecule has 0 spiro atoms. The lowest BCUT2D eigenvalue weighted by molar-refractivity contribution is 0.0298. The van der Waals surface area contributed by atoms with Gasteiger partial charge in [-0.2, -0.15) is 5.10 Å². The number of aromatic amines is 1. The zero-order valence-corrected chi connectivity index (χ0v) is 15.1. The lowest BCUT2D eigenvalue weighted by Gasteiger charge is -2.27. The highest BCUT2D eigenvalue weighted by Crippen LogP contribution is 2.50. The maximum absolute atomic E-state index is 12.1. The molecule has 0 bridgehead atoms. The first-order valence-electron chi connectivity index (χ1n) is 8.67. The van der Waals surface area contributed by atoms with Crippen LogP contribution in [0.2, 0.25) is 5.02 Å². The van der Waals surface area contributed by atoms with Gasteiger partial charge in [0.1, 0.15) is 0 Å². The molecule has 2 heterocycles. The Balaban J connectivity index is 1.55. The molecule has 2 aromatic rings. The topological polar surface area (TPSA) is 78.5 Å². The molecule has 2 N–H and O–H groups in total. The number of benzene rings is 1. The molecule has 1 aromatic carbocycles. The molecule has 1 aliphatic carbocycles. The number of fused-ring (bicyclic) bond motifs is 2. The summed E-state index contributed by atoms with van der Waals surface area (Å²) >= 11 is 6.23. The number of amides is 1. The van der Waals surface area contributed by atoms with Crippen molar-refractivity contribution < 1.29 is 14.6 Å². The van der Waals surface area contributed by atoms with Gasteiger partial charge >= 0.3 is 6.09 Å². The van der Waals surface area contributed by atoms with Gasteiger partial charge in [-0.3, -0.25) is 5.10 Å². The Morgan fingerprint density at radius 2 is 2.08 bits per heavy atom. The SMILES string of the molecule is CC(C)OC(=O)N1CC2CC(O)(c3cc(Cl)cc4[nH]ncc34)CC2C1. The largest absolute Gasteiger partial charge is 0.447 e. The highest BCUT2D eigenvalue weighted by molar-refractivity contribution is 6.31. The smallest absolute Gasteiger partial charge is 0.410 e. The van der Waals surface area contributed by atoms with Crippen molar-refractivity contribution in [2.24, 2.45) is 11.8 Å². The fraction of sp³-hybridized carbons (Fsp3) is 0.556. The summed E-state index contributed by atoms with van der Waals surface area (Å²) in [5.74, 6) is 0.538. The first kappa shape index (κ1) is 16.7. The van der Waals surface area contributed by atoms with Crippen LogP contribution in [0.4, 0.5) is 4.79 Å². The van der Waals surface area contributed by atoms with Crippen molar-refractivity contribution in [3.63, 3.8) is 0 Å². The number of likely N-dealkylation sites (tertiary alicyclic amines) is 1. The van der Waals surface area contributed by atoms with Crippen LogP contribution >= 0.6 is 11.6 Å². The quantitative estimate of drug-likeness (QED) is 0.858. The van der Waals surface area contributed by atoms with Crippen LogP contribution in [0, 0.1) is 11.8 Å². The number of ether oxygens (including phenoxy) is 1. The minimum absolute atomic E-state index is 0.120. The maximum atomic E-state index is 12.1. The number of hydrogen-bond donors (Lipinski definition) is 2. The van der Waals surface area contributed by atoms with E-state index in [-0.39, 0.29) is 24.0 Å². The van der Waals surface area contributed by atoms with Crippen molar-refractivity contribution in [2.45, 2.75) is 38.4 Å². The molecule has 2 aliphatic rings. The van der Waals surface area contributed by atoms with Crippen LogP contribution in [-0.4, -0.2) is 45.5 Å². The Bertz CT molecular complexity index is 805. The predicted octanol–water partition coefficient (Wildman–Crippen LogP) is 3.29. The molecular weight excluding hydrogens is 342 g/mol. The lowest BCUT2D eigenvalue weighted by Crippen LogP contribution is -2.34. The molecule has 1 saturated heterocycles. The second-order valence-corrected chi connectivity index (χ2v) is 8.02. The van der Waals surface area contributed by atoms with Crippen LogP contribution in [-0.2, 0) is 10.3 Å². The molecule has 0 radical (unpaired) electrons. The molecule has 134 valence electrons. The number of carbonyl (C=O) groups excluding carboxylic acids is 1. The van der Waals surface area contributed by atoms with E-state index in [1.807, 2.05) is 26.0 Å². The Kier molecular flexibility index (Phi) is 3.92. The number of rotatable bonds is 2. The van der Waals surface area contributed by atoms with E-state index in [0.717, 1.165) is 16.5 Å². The summed E-state index contributed by atoms with van der Waals surface area (Å²) in [4.78, 5) is 13.9. The second-order valence-electron chi connectivity index (χ2n) is 7.58. The van der Waals surface area contributed by atoms with Crippen molar-refractivity contribution in [3.05, 3.63) is 28.9 Å². The van der Waals surface area contributed by atoms with Crippen LogP contribution < -0.4 is 0 Å². The highest BCUT2D eigenvalue weighted by Gasteiger charge is 2.50. The van der Waals surface area contributed by atoms with Gasteiger partial charge in [0.15, 0.2) is 0 Å². The summed E-state index contributed by atoms with van der Waals surface area (Å²) in [6, 6.07) is 3.65. The van der Waals surface area contributed by atoms with E-state index in [0.29, 0.717) is 31.0 Å². The summed E-state index contributed by atoms with van der Waals surface area (Å²) in [7, 11) is 0. The van der Waals surface area contributed by atoms with Gasteiger partial charge in [-0.25, -0.2) is 4.79 Å². The molecule has 1 aromatic heterocycles. The van der Waals surface area contributed by atoms with Gasteiger partial charge in [0.05, 0.1) is 23.4 Å². The molecule has 4 rings (SSSR count). The van der Waals surface area contributed by atoms with Gasteiger partial charge in [-0.15, -0.1) is 0 Å². The summed E-state index contributed by atoms with van der Waals surface area (Å²) < 4.78 is 5.29. The Morgan fingerprint density at radius 3 is 2.72 bits per heavy atom. The van der Waals surface area contributed by atoms with Crippen LogP contribution in [0.25, 0.3) is 10.9 Å². The van der Waals surface area contributed by atoms with Crippen LogP contribution in [0.3, 0.4) is 0 Å². The van der Waals surface area contributed by atoms with E-state index in [1.54, 1.807) is 11.1 Å². The van der Waals surface area contributed by atoms with Gasteiger partial charge in [-0.05, 0) is 56.2 Å². The zero-order chi connectivity index (χ0) is 17.8. The van der Waals surface area contributed by atoms with E-state index >= 15 is 0 Å². The monoisotopic (exact) mass is 363 g/mol. The van der Waals surface area contributed by atoms with Crippen molar-refractivity contribution in [1.29, 1.82) is 0 Å². The lowest BCUT2D eigenvalue weighted by atomic mass is 9.88. The van der Waals surface area contributed by atoms with Crippen LogP contribution in [0.1, 0.15) is 32.3 Å². The molecule has 2 unspecified atom stereocenters. The third-order valence-corrected chi connectivity index (χ3v) is 5.61. The average molecular weight is 364 g/mol. The molecule has 6 nitrogen and oxygen atoms in total. The minimum atomic E-state index is -0.934. The fourth-order valence-corrected chi connectivity index (χ4v) is 4.62. The van der Waals surface area contributed by atoms with Crippen molar-refractivity contribution in [2.75, 3.05) is 13.1 Å². The number of carbonyl (C=O) groups is 1. The van der Waals surface area contributed by atoms with E-state index in [1.165, 1.54) is 0 Å². The third kappa shape index (κ3) is 2.87. The first-order chi connectivity index (χ1) is 11.9. The molecule has 2 fully saturated rings. The van der Waals surface area contributed by atoms with Crippen LogP contribution in [0.5, 0.6) is 0 Å². The fourth-order valence-electron chi connectivity index (χ4n) is 4.40. The molecule has 7 heteroatoms. The maximum Gasteiger partial charge on any atom is 0.410 e.